The molecular weight excluding hydrogens is 454 g/mol. The highest BCUT2D eigenvalue weighted by Crippen LogP contribution is 2.32. The van der Waals surface area contributed by atoms with Crippen molar-refractivity contribution in [1.29, 1.82) is 0 Å². The van der Waals surface area contributed by atoms with Crippen LogP contribution in [0.1, 0.15) is 22.4 Å². The van der Waals surface area contributed by atoms with Crippen LogP contribution in [0.2, 0.25) is 0 Å². The van der Waals surface area contributed by atoms with Crippen LogP contribution < -0.4 is 5.32 Å². The number of carbonyl (C=O) groups is 1. The molecule has 0 bridgehead atoms. The number of thiazole rings is 1. The Morgan fingerprint density at radius 3 is 2.31 bits per heavy atom. The first-order valence-corrected chi connectivity index (χ1v) is 9.95. The van der Waals surface area contributed by atoms with Gasteiger partial charge >= 0.3 is 12.4 Å². The lowest BCUT2D eigenvalue weighted by atomic mass is 10.1. The number of alkyl halides is 6. The number of aromatic nitrogens is 1. The highest BCUT2D eigenvalue weighted by atomic mass is 32.1. The summed E-state index contributed by atoms with van der Waals surface area (Å²) < 4.78 is 76.0. The van der Waals surface area contributed by atoms with E-state index in [1.165, 1.54) is 35.6 Å². The quantitative estimate of drug-likeness (QED) is 0.403. The lowest BCUT2D eigenvalue weighted by Gasteiger charge is -2.06. The Hall–Kier alpha value is -3.32. The fourth-order valence-corrected chi connectivity index (χ4v) is 3.44. The van der Waals surface area contributed by atoms with Crippen molar-refractivity contribution < 1.29 is 31.1 Å². The van der Waals surface area contributed by atoms with Crippen LogP contribution in [-0.4, -0.2) is 17.4 Å². The molecular formula is C22H14F6N2OS. The lowest BCUT2D eigenvalue weighted by Crippen LogP contribution is -2.25. The standard InChI is InChI=1S/C22H14F6N2OS/c23-21(24,25)16-8-6-15(7-9-16)20-30-18(13-32-20)12-19(31)29-10-2-4-14-3-1-5-17(11-14)22(26,27)28/h1,3,5-9,11,13H,10,12H2,(H,29,31). The molecule has 0 aliphatic carbocycles. The average Bonchev–Trinajstić information content (AvgIpc) is 3.19. The average molecular weight is 468 g/mol. The van der Waals surface area contributed by atoms with Crippen LogP contribution in [0.3, 0.4) is 0 Å². The van der Waals surface area contributed by atoms with Gasteiger partial charge in [0.15, 0.2) is 0 Å². The number of nitrogens with one attached hydrogen (secondary N) is 1. The smallest absolute Gasteiger partial charge is 0.345 e. The molecule has 1 N–H and O–H groups in total. The monoisotopic (exact) mass is 468 g/mol. The summed E-state index contributed by atoms with van der Waals surface area (Å²) >= 11 is 1.19. The zero-order valence-corrected chi connectivity index (χ0v) is 17.0. The molecule has 0 radical (unpaired) electrons. The van der Waals surface area contributed by atoms with Crippen molar-refractivity contribution in [2.75, 3.05) is 6.54 Å². The Kier molecular flexibility index (Phi) is 6.89. The van der Waals surface area contributed by atoms with Gasteiger partial charge < -0.3 is 5.32 Å². The molecule has 32 heavy (non-hydrogen) atoms. The summed E-state index contributed by atoms with van der Waals surface area (Å²) in [5.74, 6) is 4.75. The van der Waals surface area contributed by atoms with Crippen molar-refractivity contribution in [2.24, 2.45) is 0 Å². The molecule has 3 nitrogen and oxygen atoms in total. The topological polar surface area (TPSA) is 42.0 Å². The number of halogens is 6. The molecule has 0 spiro atoms. The minimum Gasteiger partial charge on any atom is -0.345 e. The van der Waals surface area contributed by atoms with Gasteiger partial charge in [-0.2, -0.15) is 26.3 Å². The Bertz CT molecular complexity index is 1150. The van der Waals surface area contributed by atoms with Crippen LogP contribution in [0.5, 0.6) is 0 Å². The Balaban J connectivity index is 1.54. The first-order chi connectivity index (χ1) is 15.0. The molecule has 0 fully saturated rings. The largest absolute Gasteiger partial charge is 0.416 e. The predicted molar refractivity (Wildman–Crippen MR) is 108 cm³/mol. The SMILES string of the molecule is O=C(Cc1csc(-c2ccc(C(F)(F)F)cc2)n1)NCC#Cc1cccc(C(F)(F)F)c1. The van der Waals surface area contributed by atoms with Crippen molar-refractivity contribution >= 4 is 17.2 Å². The zero-order chi connectivity index (χ0) is 23.4. The highest BCUT2D eigenvalue weighted by Gasteiger charge is 2.30. The van der Waals surface area contributed by atoms with E-state index in [2.05, 4.69) is 22.1 Å². The Labute approximate surface area is 183 Å². The van der Waals surface area contributed by atoms with E-state index in [0.29, 0.717) is 16.3 Å². The summed E-state index contributed by atoms with van der Waals surface area (Å²) in [4.78, 5) is 16.3. The molecule has 0 unspecified atom stereocenters. The van der Waals surface area contributed by atoms with Crippen LogP contribution in [0.4, 0.5) is 26.3 Å². The molecule has 2 aromatic carbocycles. The third-order valence-corrected chi connectivity index (χ3v) is 5.09. The predicted octanol–water partition coefficient (Wildman–Crippen LogP) is 5.56. The Morgan fingerprint density at radius 2 is 1.66 bits per heavy atom. The van der Waals surface area contributed by atoms with E-state index >= 15 is 0 Å². The van der Waals surface area contributed by atoms with Crippen molar-refractivity contribution in [3.05, 3.63) is 76.3 Å². The van der Waals surface area contributed by atoms with Crippen molar-refractivity contribution in [2.45, 2.75) is 18.8 Å². The van der Waals surface area contributed by atoms with E-state index in [1.807, 2.05) is 0 Å². The molecule has 10 heteroatoms. The number of nitrogens with zero attached hydrogens (tertiary/aromatic N) is 1. The van der Waals surface area contributed by atoms with E-state index in [1.54, 1.807) is 5.38 Å². The molecule has 166 valence electrons. The van der Waals surface area contributed by atoms with Gasteiger partial charge in [0.05, 0.1) is 29.8 Å². The van der Waals surface area contributed by atoms with Crippen LogP contribution >= 0.6 is 11.3 Å². The van der Waals surface area contributed by atoms with Gasteiger partial charge in [-0.3, -0.25) is 4.79 Å². The minimum absolute atomic E-state index is 0.0645. The first-order valence-electron chi connectivity index (χ1n) is 9.07. The van der Waals surface area contributed by atoms with Crippen molar-refractivity contribution in [3.63, 3.8) is 0 Å². The summed E-state index contributed by atoms with van der Waals surface area (Å²) in [6, 6.07) is 9.11. The molecule has 1 amide bonds. The second kappa shape index (κ2) is 9.44. The molecule has 0 aliphatic heterocycles. The summed E-state index contributed by atoms with van der Waals surface area (Å²) in [5.41, 5.74) is -0.450. The van der Waals surface area contributed by atoms with Crippen LogP contribution in [0.25, 0.3) is 10.6 Å². The van der Waals surface area contributed by atoms with Gasteiger partial charge in [-0.15, -0.1) is 11.3 Å². The fourth-order valence-electron chi connectivity index (χ4n) is 2.61. The molecule has 0 saturated carbocycles. The molecule has 1 heterocycles. The first kappa shape index (κ1) is 23.3. The number of hydrogen-bond acceptors (Lipinski definition) is 3. The van der Waals surface area contributed by atoms with Crippen molar-refractivity contribution in [3.8, 4) is 22.4 Å². The summed E-state index contributed by atoms with van der Waals surface area (Å²) in [5, 5.41) is 4.63. The van der Waals surface area contributed by atoms with Crippen molar-refractivity contribution in [1.82, 2.24) is 10.3 Å². The Morgan fingerprint density at radius 1 is 0.969 bits per heavy atom. The maximum atomic E-state index is 12.7. The third kappa shape index (κ3) is 6.34. The fraction of sp³-hybridized carbons (Fsp3) is 0.182. The van der Waals surface area contributed by atoms with E-state index in [9.17, 15) is 31.1 Å². The van der Waals surface area contributed by atoms with Crippen LogP contribution in [-0.2, 0) is 23.6 Å². The maximum absolute atomic E-state index is 12.7. The van der Waals surface area contributed by atoms with Gasteiger partial charge in [-0.25, -0.2) is 4.98 Å². The van der Waals surface area contributed by atoms with E-state index < -0.39 is 29.4 Å². The molecule has 3 rings (SSSR count). The minimum atomic E-state index is -4.46. The summed E-state index contributed by atoms with van der Waals surface area (Å²) in [6.07, 6.45) is -8.95. The summed E-state index contributed by atoms with van der Waals surface area (Å²) in [6.45, 7) is -0.0645. The number of benzene rings is 2. The van der Waals surface area contributed by atoms with Gasteiger partial charge in [0.1, 0.15) is 5.01 Å². The van der Waals surface area contributed by atoms with Gasteiger partial charge in [0.25, 0.3) is 0 Å². The lowest BCUT2D eigenvalue weighted by molar-refractivity contribution is -0.138. The van der Waals surface area contributed by atoms with Crippen LogP contribution in [0.15, 0.2) is 53.9 Å². The third-order valence-electron chi connectivity index (χ3n) is 4.15. The summed E-state index contributed by atoms with van der Waals surface area (Å²) in [7, 11) is 0. The molecule has 1 aromatic heterocycles. The number of carbonyl (C=O) groups excluding carboxylic acids is 1. The number of amides is 1. The normalized spacial score (nSPS) is 11.6. The highest BCUT2D eigenvalue weighted by molar-refractivity contribution is 7.13. The maximum Gasteiger partial charge on any atom is 0.416 e. The zero-order valence-electron chi connectivity index (χ0n) is 16.1. The van der Waals surface area contributed by atoms with Gasteiger partial charge in [0, 0.05) is 16.5 Å². The van der Waals surface area contributed by atoms with Crippen LogP contribution in [0, 0.1) is 11.8 Å². The second-order valence-corrected chi connectivity index (χ2v) is 7.41. The molecule has 0 atom stereocenters. The second-order valence-electron chi connectivity index (χ2n) is 6.55. The molecule has 0 saturated heterocycles. The van der Waals surface area contributed by atoms with Gasteiger partial charge in [0.2, 0.25) is 5.91 Å². The molecule has 0 aliphatic rings. The van der Waals surface area contributed by atoms with E-state index in [0.717, 1.165) is 24.3 Å². The molecule has 3 aromatic rings. The van der Waals surface area contributed by atoms with E-state index in [4.69, 9.17) is 0 Å². The number of rotatable bonds is 4. The van der Waals surface area contributed by atoms with E-state index in [-0.39, 0.29) is 18.5 Å². The van der Waals surface area contributed by atoms with Gasteiger partial charge in [-0.1, -0.05) is 30.0 Å². The van der Waals surface area contributed by atoms with Gasteiger partial charge in [-0.05, 0) is 30.3 Å². The number of hydrogen-bond donors (Lipinski definition) is 1.